The van der Waals surface area contributed by atoms with Crippen molar-refractivity contribution in [1.82, 2.24) is 19.7 Å². The lowest BCUT2D eigenvalue weighted by molar-refractivity contribution is 0.413. The Bertz CT molecular complexity index is 828. The Labute approximate surface area is 131 Å². The Morgan fingerprint density at radius 1 is 1.24 bits per heavy atom. The van der Waals surface area contributed by atoms with Crippen LogP contribution in [-0.2, 0) is 0 Å². The molecule has 0 amide bonds. The summed E-state index contributed by atoms with van der Waals surface area (Å²) in [5, 5.41) is 7.68. The summed E-state index contributed by atoms with van der Waals surface area (Å²) in [5.41, 5.74) is 1.62. The Kier molecular flexibility index (Phi) is 3.72. The predicted molar refractivity (Wildman–Crippen MR) is 83.5 cm³/mol. The fraction of sp³-hybridized carbons (Fsp3) is 0.0714. The molecule has 2 heterocycles. The molecule has 106 valence electrons. The van der Waals surface area contributed by atoms with Gasteiger partial charge in [0, 0.05) is 23.0 Å². The summed E-state index contributed by atoms with van der Waals surface area (Å²) in [5.74, 6) is 1.33. The van der Waals surface area contributed by atoms with Crippen molar-refractivity contribution in [3.05, 3.63) is 52.5 Å². The first-order chi connectivity index (χ1) is 10.2. The molecule has 2 aromatic heterocycles. The first-order valence-electron chi connectivity index (χ1n) is 6.12. The van der Waals surface area contributed by atoms with Crippen LogP contribution in [0.5, 0.6) is 5.75 Å². The third kappa shape index (κ3) is 2.55. The van der Waals surface area contributed by atoms with E-state index in [0.29, 0.717) is 21.4 Å². The van der Waals surface area contributed by atoms with Crippen LogP contribution in [0.2, 0.25) is 5.02 Å². The number of aromatic nitrogens is 4. The molecule has 3 aromatic rings. The Morgan fingerprint density at radius 3 is 2.71 bits per heavy atom. The van der Waals surface area contributed by atoms with Gasteiger partial charge in [-0.2, -0.15) is 5.10 Å². The van der Waals surface area contributed by atoms with Gasteiger partial charge in [0.2, 0.25) is 0 Å². The molecule has 0 unspecified atom stereocenters. The lowest BCUT2D eigenvalue weighted by Gasteiger charge is -2.11. The third-order valence-electron chi connectivity index (χ3n) is 2.99. The van der Waals surface area contributed by atoms with Gasteiger partial charge in [0.05, 0.1) is 12.8 Å². The summed E-state index contributed by atoms with van der Waals surface area (Å²) in [7, 11) is 1.60. The van der Waals surface area contributed by atoms with Crippen LogP contribution in [0.4, 0.5) is 0 Å². The second kappa shape index (κ2) is 5.67. The molecule has 0 saturated heterocycles. The van der Waals surface area contributed by atoms with Gasteiger partial charge in [-0.15, -0.1) is 0 Å². The number of hydrogen-bond donors (Lipinski definition) is 1. The lowest BCUT2D eigenvalue weighted by Crippen LogP contribution is -2.01. The van der Waals surface area contributed by atoms with Crippen LogP contribution < -0.4 is 4.74 Å². The number of aromatic amines is 1. The SMILES string of the molecule is COc1ccc(Cl)cc1-n1c(-c2ccncc2)n[nH]c1=S. The van der Waals surface area contributed by atoms with E-state index >= 15 is 0 Å². The molecule has 0 spiro atoms. The minimum absolute atomic E-state index is 0.461. The molecular formula is C14H11ClN4OS. The monoisotopic (exact) mass is 318 g/mol. The van der Waals surface area contributed by atoms with Gasteiger partial charge < -0.3 is 4.74 Å². The molecule has 21 heavy (non-hydrogen) atoms. The summed E-state index contributed by atoms with van der Waals surface area (Å²) in [4.78, 5) is 4.01. The number of nitrogens with zero attached hydrogens (tertiary/aromatic N) is 3. The van der Waals surface area contributed by atoms with Crippen molar-refractivity contribution in [1.29, 1.82) is 0 Å². The van der Waals surface area contributed by atoms with Crippen LogP contribution in [0.3, 0.4) is 0 Å². The van der Waals surface area contributed by atoms with Crippen molar-refractivity contribution in [3.8, 4) is 22.8 Å². The third-order valence-corrected chi connectivity index (χ3v) is 3.50. The second-order valence-corrected chi connectivity index (χ2v) is 5.06. The van der Waals surface area contributed by atoms with Crippen LogP contribution in [0.15, 0.2) is 42.7 Å². The summed E-state index contributed by atoms with van der Waals surface area (Å²) < 4.78 is 7.64. The van der Waals surface area contributed by atoms with Gasteiger partial charge in [0.1, 0.15) is 5.75 Å². The lowest BCUT2D eigenvalue weighted by atomic mass is 10.2. The minimum Gasteiger partial charge on any atom is -0.495 e. The maximum Gasteiger partial charge on any atom is 0.200 e. The summed E-state index contributed by atoms with van der Waals surface area (Å²) >= 11 is 11.4. The van der Waals surface area contributed by atoms with Gasteiger partial charge in [-0.1, -0.05) is 11.6 Å². The van der Waals surface area contributed by atoms with Gasteiger partial charge >= 0.3 is 0 Å². The van der Waals surface area contributed by atoms with Crippen molar-refractivity contribution in [2.75, 3.05) is 7.11 Å². The minimum atomic E-state index is 0.461. The van der Waals surface area contributed by atoms with Crippen molar-refractivity contribution in [3.63, 3.8) is 0 Å². The van der Waals surface area contributed by atoms with E-state index in [1.165, 1.54) is 0 Å². The second-order valence-electron chi connectivity index (χ2n) is 4.24. The number of rotatable bonds is 3. The maximum absolute atomic E-state index is 6.10. The van der Waals surface area contributed by atoms with Crippen molar-refractivity contribution in [2.24, 2.45) is 0 Å². The van der Waals surface area contributed by atoms with E-state index in [2.05, 4.69) is 15.2 Å². The molecule has 0 atom stereocenters. The first-order valence-corrected chi connectivity index (χ1v) is 6.91. The van der Waals surface area contributed by atoms with E-state index in [1.54, 1.807) is 42.3 Å². The van der Waals surface area contributed by atoms with E-state index in [4.69, 9.17) is 28.6 Å². The van der Waals surface area contributed by atoms with Crippen LogP contribution in [-0.4, -0.2) is 26.9 Å². The molecule has 0 aliphatic carbocycles. The molecular weight excluding hydrogens is 308 g/mol. The molecule has 0 bridgehead atoms. The number of nitrogens with one attached hydrogen (secondary N) is 1. The van der Waals surface area contributed by atoms with Crippen LogP contribution >= 0.6 is 23.8 Å². The van der Waals surface area contributed by atoms with Crippen LogP contribution in [0.1, 0.15) is 0 Å². The zero-order chi connectivity index (χ0) is 14.8. The largest absolute Gasteiger partial charge is 0.495 e. The molecule has 7 heteroatoms. The molecule has 0 radical (unpaired) electrons. The molecule has 1 N–H and O–H groups in total. The zero-order valence-corrected chi connectivity index (χ0v) is 12.6. The van der Waals surface area contributed by atoms with Gasteiger partial charge in [-0.25, -0.2) is 0 Å². The Morgan fingerprint density at radius 2 is 2.00 bits per heavy atom. The number of pyridine rings is 1. The Hall–Kier alpha value is -2.18. The molecule has 3 rings (SSSR count). The number of hydrogen-bond acceptors (Lipinski definition) is 4. The highest BCUT2D eigenvalue weighted by atomic mass is 35.5. The van der Waals surface area contributed by atoms with Gasteiger partial charge in [0.25, 0.3) is 0 Å². The maximum atomic E-state index is 6.10. The summed E-state index contributed by atoms with van der Waals surface area (Å²) in [6, 6.07) is 9.07. The number of methoxy groups -OCH3 is 1. The quantitative estimate of drug-likeness (QED) is 0.749. The first kappa shape index (κ1) is 13.8. The van der Waals surface area contributed by atoms with Gasteiger partial charge in [-0.05, 0) is 42.5 Å². The number of halogens is 1. The van der Waals surface area contributed by atoms with E-state index in [-0.39, 0.29) is 0 Å². The molecule has 1 aromatic carbocycles. The smallest absolute Gasteiger partial charge is 0.200 e. The van der Waals surface area contributed by atoms with E-state index in [9.17, 15) is 0 Å². The van der Waals surface area contributed by atoms with Crippen molar-refractivity contribution < 1.29 is 4.74 Å². The Balaban J connectivity index is 2.27. The average molecular weight is 319 g/mol. The molecule has 0 aliphatic rings. The van der Waals surface area contributed by atoms with E-state index in [1.807, 2.05) is 12.1 Å². The number of benzene rings is 1. The average Bonchev–Trinajstić information content (AvgIpc) is 2.89. The fourth-order valence-corrected chi connectivity index (χ4v) is 2.45. The van der Waals surface area contributed by atoms with Gasteiger partial charge in [0.15, 0.2) is 10.6 Å². The highest BCUT2D eigenvalue weighted by Crippen LogP contribution is 2.30. The fourth-order valence-electron chi connectivity index (χ4n) is 2.05. The molecule has 0 saturated carbocycles. The highest BCUT2D eigenvalue weighted by molar-refractivity contribution is 7.71. The topological polar surface area (TPSA) is 55.7 Å². The van der Waals surface area contributed by atoms with Crippen molar-refractivity contribution in [2.45, 2.75) is 0 Å². The van der Waals surface area contributed by atoms with Gasteiger partial charge in [-0.3, -0.25) is 14.6 Å². The van der Waals surface area contributed by atoms with Crippen LogP contribution in [0.25, 0.3) is 17.1 Å². The summed E-state index contributed by atoms with van der Waals surface area (Å²) in [6.45, 7) is 0. The number of H-pyrrole nitrogens is 1. The van der Waals surface area contributed by atoms with Crippen LogP contribution in [0, 0.1) is 4.77 Å². The highest BCUT2D eigenvalue weighted by Gasteiger charge is 2.14. The number of ether oxygens (including phenoxy) is 1. The standard InChI is InChI=1S/C14H11ClN4OS/c1-20-12-3-2-10(15)8-11(12)19-13(17-18-14(19)21)9-4-6-16-7-5-9/h2-8H,1H3,(H,18,21). The molecule has 0 aliphatic heterocycles. The summed E-state index contributed by atoms with van der Waals surface area (Å²) in [6.07, 6.45) is 3.40. The zero-order valence-electron chi connectivity index (χ0n) is 11.1. The molecule has 0 fully saturated rings. The normalized spacial score (nSPS) is 10.6. The predicted octanol–water partition coefficient (Wildman–Crippen LogP) is 3.65. The van der Waals surface area contributed by atoms with Crippen molar-refractivity contribution >= 4 is 23.8 Å². The molecule has 5 nitrogen and oxygen atoms in total. The van der Waals surface area contributed by atoms with E-state index in [0.717, 1.165) is 11.3 Å². The van der Waals surface area contributed by atoms with E-state index < -0.39 is 0 Å².